The van der Waals surface area contributed by atoms with Crippen LogP contribution in [-0.4, -0.2) is 92.1 Å². The Bertz CT molecular complexity index is 170. The zero-order valence-corrected chi connectivity index (χ0v) is 8.87. The molecule has 0 aliphatic carbocycles. The Labute approximate surface area is 115 Å². The molecule has 0 atom stereocenters. The summed E-state index contributed by atoms with van der Waals surface area (Å²) in [7, 11) is -0.870. The van der Waals surface area contributed by atoms with E-state index in [0.717, 1.165) is 0 Å². The van der Waals surface area contributed by atoms with Crippen molar-refractivity contribution in [2.24, 2.45) is 0 Å². The van der Waals surface area contributed by atoms with Crippen molar-refractivity contribution in [3.8, 4) is 0 Å². The molecule has 0 amide bonds. The molecular formula is C5H15NNaO8P. The fraction of sp³-hybridized carbons (Fsp3) is 1.00. The van der Waals surface area contributed by atoms with Crippen molar-refractivity contribution in [1.82, 2.24) is 0 Å². The average Bonchev–Trinajstić information content (AvgIpc) is 2.21. The molecule has 0 bridgehead atoms. The van der Waals surface area contributed by atoms with Crippen LogP contribution >= 0.6 is 8.60 Å². The summed E-state index contributed by atoms with van der Waals surface area (Å²) in [6, 6.07) is 0. The van der Waals surface area contributed by atoms with Gasteiger partial charge >= 0.3 is 38.2 Å². The average molecular weight is 271 g/mol. The van der Waals surface area contributed by atoms with Crippen LogP contribution in [0, 0.1) is 10.1 Å². The molecule has 0 heterocycles. The van der Waals surface area contributed by atoms with Crippen molar-refractivity contribution in [2.75, 3.05) is 26.9 Å². The van der Waals surface area contributed by atoms with Gasteiger partial charge in [0.25, 0.3) is 5.54 Å². The van der Waals surface area contributed by atoms with Crippen molar-refractivity contribution in [2.45, 2.75) is 5.54 Å². The molecular weight excluding hydrogens is 256 g/mol. The van der Waals surface area contributed by atoms with E-state index in [-0.39, 0.29) is 29.6 Å². The zero-order chi connectivity index (χ0) is 12.5. The van der Waals surface area contributed by atoms with Gasteiger partial charge in [-0.05, 0) is 0 Å². The molecule has 0 aromatic carbocycles. The van der Waals surface area contributed by atoms with E-state index >= 15 is 0 Å². The maximum absolute atomic E-state index is 10.0. The molecule has 11 heteroatoms. The number of hydrogen-bond acceptors (Lipinski definition) is 8. The number of aliphatic hydroxyl groups is 3. The van der Waals surface area contributed by atoms with Gasteiger partial charge in [-0.1, -0.05) is 0 Å². The minimum absolute atomic E-state index is 0. The Morgan fingerprint density at radius 3 is 1.50 bits per heavy atom. The van der Waals surface area contributed by atoms with Gasteiger partial charge in [0, 0.05) is 12.0 Å². The summed E-state index contributed by atoms with van der Waals surface area (Å²) in [5, 5.41) is 35.2. The monoisotopic (exact) mass is 271 g/mol. The van der Waals surface area contributed by atoms with E-state index in [9.17, 15) is 10.1 Å². The molecule has 16 heavy (non-hydrogen) atoms. The van der Waals surface area contributed by atoms with Crippen molar-refractivity contribution >= 4 is 38.2 Å². The van der Waals surface area contributed by atoms with Gasteiger partial charge in [-0.15, -0.1) is 0 Å². The summed E-state index contributed by atoms with van der Waals surface area (Å²) in [5.74, 6) is 0. The molecule has 5 N–H and O–H groups in total. The normalized spacial score (nSPS) is 10.2. The van der Waals surface area contributed by atoms with Gasteiger partial charge in [-0.25, -0.2) is 0 Å². The second kappa shape index (κ2) is 12.1. The van der Waals surface area contributed by atoms with E-state index in [0.29, 0.717) is 0 Å². The van der Waals surface area contributed by atoms with Crippen LogP contribution in [0.4, 0.5) is 0 Å². The van der Waals surface area contributed by atoms with Gasteiger partial charge in [0.2, 0.25) is 0 Å². The molecule has 94 valence electrons. The van der Waals surface area contributed by atoms with Crippen LogP contribution in [0.5, 0.6) is 0 Å². The van der Waals surface area contributed by atoms with Crippen LogP contribution in [0.3, 0.4) is 0 Å². The first kappa shape index (κ1) is 21.8. The fourth-order valence-electron chi connectivity index (χ4n) is 0.323. The fourth-order valence-corrected chi connectivity index (χ4v) is 0.323. The Hall–Kier alpha value is 0.590. The molecule has 0 radical (unpaired) electrons. The van der Waals surface area contributed by atoms with Crippen LogP contribution < -0.4 is 0 Å². The predicted molar refractivity (Wildman–Crippen MR) is 56.5 cm³/mol. The first-order chi connectivity index (χ1) is 6.90. The standard InChI is InChI=1S/C4H9NO5.CH5O3P.Na.H/c6-1-4(2-7,3-8)5(9)10;1-4-5(2)3;;/h6-8H,1-3H2;2-3H,1H3;;. The van der Waals surface area contributed by atoms with Gasteiger partial charge < -0.3 is 29.6 Å². The van der Waals surface area contributed by atoms with Crippen molar-refractivity contribution in [3.05, 3.63) is 10.1 Å². The first-order valence-electron chi connectivity index (χ1n) is 3.59. The van der Waals surface area contributed by atoms with E-state index in [2.05, 4.69) is 4.52 Å². The Kier molecular flexibility index (Phi) is 16.5. The Balaban J connectivity index is -0.000000242. The molecule has 0 rings (SSSR count). The molecule has 0 aliphatic heterocycles. The van der Waals surface area contributed by atoms with Crippen LogP contribution in [0.1, 0.15) is 0 Å². The second-order valence-electron chi connectivity index (χ2n) is 2.39. The summed E-state index contributed by atoms with van der Waals surface area (Å²) in [6.07, 6.45) is 0. The molecule has 0 aromatic heterocycles. The van der Waals surface area contributed by atoms with Crippen molar-refractivity contribution in [1.29, 1.82) is 0 Å². The van der Waals surface area contributed by atoms with Crippen LogP contribution in [0.2, 0.25) is 0 Å². The summed E-state index contributed by atoms with van der Waals surface area (Å²) in [4.78, 5) is 24.7. The molecule has 0 aromatic rings. The summed E-state index contributed by atoms with van der Waals surface area (Å²) < 4.78 is 3.93. The van der Waals surface area contributed by atoms with Crippen molar-refractivity contribution < 1.29 is 34.6 Å². The summed E-state index contributed by atoms with van der Waals surface area (Å²) >= 11 is 0. The molecule has 0 unspecified atom stereocenters. The van der Waals surface area contributed by atoms with E-state index in [4.69, 9.17) is 25.1 Å². The van der Waals surface area contributed by atoms with E-state index in [1.807, 2.05) is 0 Å². The SMILES string of the molecule is COP(O)O.O=[N+]([O-])C(CO)(CO)CO.[NaH]. The molecule has 0 spiro atoms. The summed E-state index contributed by atoms with van der Waals surface area (Å²) in [6.45, 7) is -2.60. The van der Waals surface area contributed by atoms with Gasteiger partial charge in [0.15, 0.2) is 0 Å². The van der Waals surface area contributed by atoms with Gasteiger partial charge in [0.1, 0.15) is 19.8 Å². The van der Waals surface area contributed by atoms with Crippen LogP contribution in [-0.2, 0) is 4.52 Å². The molecule has 0 saturated carbocycles. The van der Waals surface area contributed by atoms with Crippen LogP contribution in [0.15, 0.2) is 0 Å². The van der Waals surface area contributed by atoms with Crippen molar-refractivity contribution in [3.63, 3.8) is 0 Å². The maximum atomic E-state index is 10.0. The molecule has 0 fully saturated rings. The predicted octanol–water partition coefficient (Wildman–Crippen LogP) is -2.83. The number of nitrogens with zero attached hydrogens (tertiary/aromatic N) is 1. The second-order valence-corrected chi connectivity index (χ2v) is 3.26. The minimum atomic E-state index is -2.10. The van der Waals surface area contributed by atoms with E-state index in [1.54, 1.807) is 0 Å². The third-order valence-corrected chi connectivity index (χ3v) is 1.76. The van der Waals surface area contributed by atoms with Crippen LogP contribution in [0.25, 0.3) is 0 Å². The van der Waals surface area contributed by atoms with Gasteiger partial charge in [-0.2, -0.15) is 0 Å². The number of hydrogen-bond donors (Lipinski definition) is 5. The molecule has 0 saturated heterocycles. The summed E-state index contributed by atoms with van der Waals surface area (Å²) in [5.41, 5.74) is -1.99. The van der Waals surface area contributed by atoms with Gasteiger partial charge in [-0.3, -0.25) is 10.1 Å². The quantitative estimate of drug-likeness (QED) is 0.155. The first-order valence-corrected chi connectivity index (χ1v) is 4.75. The third-order valence-electron chi connectivity index (χ3n) is 1.43. The third kappa shape index (κ3) is 8.71. The number of nitro groups is 1. The Morgan fingerprint density at radius 1 is 1.25 bits per heavy atom. The van der Waals surface area contributed by atoms with Gasteiger partial charge in [0.05, 0.1) is 0 Å². The number of aliphatic hydroxyl groups excluding tert-OH is 3. The Morgan fingerprint density at radius 2 is 1.50 bits per heavy atom. The van der Waals surface area contributed by atoms with E-state index < -0.39 is 38.9 Å². The van der Waals surface area contributed by atoms with E-state index in [1.165, 1.54) is 7.11 Å². The number of rotatable bonds is 5. The molecule has 9 nitrogen and oxygen atoms in total. The molecule has 0 aliphatic rings. The topological polar surface area (TPSA) is 154 Å². The zero-order valence-electron chi connectivity index (χ0n) is 7.98.